The molecule has 150 valence electrons. The summed E-state index contributed by atoms with van der Waals surface area (Å²) >= 11 is -1.81. The van der Waals surface area contributed by atoms with Crippen molar-refractivity contribution in [2.45, 2.75) is 24.2 Å². The maximum atomic E-state index is 13.0. The van der Waals surface area contributed by atoms with E-state index in [0.29, 0.717) is 6.20 Å². The maximum Gasteiger partial charge on any atom is 0.433 e. The lowest BCUT2D eigenvalue weighted by molar-refractivity contribution is -0.141. The molecule has 0 saturated heterocycles. The zero-order chi connectivity index (χ0) is 20.9. The average molecular weight is 422 g/mol. The predicted octanol–water partition coefficient (Wildman–Crippen LogP) is 4.20. The fourth-order valence-electron chi connectivity index (χ4n) is 2.55. The van der Waals surface area contributed by atoms with Crippen LogP contribution in [-0.2, 0) is 30.6 Å². The molecule has 0 radical (unpaired) electrons. The zero-order valence-corrected chi connectivity index (χ0v) is 15.2. The van der Waals surface area contributed by atoms with Gasteiger partial charge in [0.1, 0.15) is 11.4 Å². The number of hydrogen-bond acceptors (Lipinski definition) is 4. The van der Waals surface area contributed by atoms with Crippen LogP contribution in [-0.4, -0.2) is 29.8 Å². The molecule has 0 aromatic carbocycles. The van der Waals surface area contributed by atoms with E-state index in [1.165, 1.54) is 18.5 Å². The fraction of sp³-hybridized carbons (Fsp3) is 0.312. The van der Waals surface area contributed by atoms with E-state index in [9.17, 15) is 30.9 Å². The van der Waals surface area contributed by atoms with Crippen molar-refractivity contribution in [2.24, 2.45) is 7.05 Å². The van der Waals surface area contributed by atoms with Crippen LogP contribution in [0.3, 0.4) is 0 Å². The SMILES string of the molecule is CC[S+]([O-])c1cc(C(F)(F)F)cnc1-c1nc2cc(C(F)(F)F)ncc2n1C. The number of rotatable bonds is 3. The fourth-order valence-corrected chi connectivity index (χ4v) is 3.48. The number of aryl methyl sites for hydroxylation is 1. The smallest absolute Gasteiger partial charge is 0.433 e. The molecule has 0 aliphatic carbocycles. The molecule has 0 saturated carbocycles. The highest BCUT2D eigenvalue weighted by atomic mass is 32.2. The van der Waals surface area contributed by atoms with Gasteiger partial charge in [-0.1, -0.05) is 0 Å². The molecule has 0 fully saturated rings. The molecule has 12 heteroatoms. The van der Waals surface area contributed by atoms with Gasteiger partial charge in [0.2, 0.25) is 0 Å². The van der Waals surface area contributed by atoms with Crippen molar-refractivity contribution in [3.8, 4) is 11.5 Å². The molecule has 0 N–H and O–H groups in total. The van der Waals surface area contributed by atoms with Crippen molar-refractivity contribution < 1.29 is 30.9 Å². The molecular weight excluding hydrogens is 410 g/mol. The van der Waals surface area contributed by atoms with Crippen molar-refractivity contribution in [1.82, 2.24) is 19.5 Å². The van der Waals surface area contributed by atoms with Crippen LogP contribution in [0.1, 0.15) is 18.2 Å². The predicted molar refractivity (Wildman–Crippen MR) is 88.7 cm³/mol. The van der Waals surface area contributed by atoms with Gasteiger partial charge in [-0.15, -0.1) is 0 Å². The second-order valence-corrected chi connectivity index (χ2v) is 7.46. The van der Waals surface area contributed by atoms with E-state index >= 15 is 0 Å². The zero-order valence-electron chi connectivity index (χ0n) is 14.4. The number of aromatic nitrogens is 4. The Morgan fingerprint density at radius 3 is 2.29 bits per heavy atom. The van der Waals surface area contributed by atoms with Crippen LogP contribution in [0.25, 0.3) is 22.6 Å². The summed E-state index contributed by atoms with van der Waals surface area (Å²) in [4.78, 5) is 11.0. The summed E-state index contributed by atoms with van der Waals surface area (Å²) in [5.74, 6) is 0.0151. The Morgan fingerprint density at radius 1 is 1.04 bits per heavy atom. The molecule has 0 amide bonds. The Hall–Kier alpha value is -2.34. The molecule has 3 heterocycles. The summed E-state index contributed by atoms with van der Waals surface area (Å²) in [6.07, 6.45) is -7.82. The van der Waals surface area contributed by atoms with Crippen molar-refractivity contribution in [2.75, 3.05) is 5.75 Å². The van der Waals surface area contributed by atoms with Gasteiger partial charge in [-0.3, -0.25) is 0 Å². The molecular formula is C16H12F6N4OS. The quantitative estimate of drug-likeness (QED) is 0.469. The molecule has 3 aromatic heterocycles. The van der Waals surface area contributed by atoms with Gasteiger partial charge in [0.15, 0.2) is 16.4 Å². The third kappa shape index (κ3) is 3.65. The van der Waals surface area contributed by atoms with Crippen LogP contribution in [0.15, 0.2) is 29.4 Å². The number of hydrogen-bond donors (Lipinski definition) is 0. The lowest BCUT2D eigenvalue weighted by Gasteiger charge is -2.14. The molecule has 3 rings (SSSR count). The molecule has 3 aromatic rings. The van der Waals surface area contributed by atoms with Gasteiger partial charge in [-0.25, -0.2) is 15.0 Å². The van der Waals surface area contributed by atoms with Crippen LogP contribution in [0.2, 0.25) is 0 Å². The minimum absolute atomic E-state index is 0.0124. The second kappa shape index (κ2) is 6.92. The molecule has 0 bridgehead atoms. The highest BCUT2D eigenvalue weighted by Gasteiger charge is 2.35. The molecule has 0 spiro atoms. The summed E-state index contributed by atoms with van der Waals surface area (Å²) in [6.45, 7) is 1.52. The van der Waals surface area contributed by atoms with E-state index in [0.717, 1.165) is 18.3 Å². The third-order valence-electron chi connectivity index (χ3n) is 3.96. The normalized spacial score (nSPS) is 13.9. The average Bonchev–Trinajstić information content (AvgIpc) is 2.95. The second-order valence-electron chi connectivity index (χ2n) is 5.75. The van der Waals surface area contributed by atoms with E-state index in [-0.39, 0.29) is 33.2 Å². The van der Waals surface area contributed by atoms with Crippen molar-refractivity contribution in [3.05, 3.63) is 35.8 Å². The van der Waals surface area contributed by atoms with Crippen LogP contribution in [0.4, 0.5) is 26.3 Å². The Bertz CT molecular complexity index is 1030. The van der Waals surface area contributed by atoms with Gasteiger partial charge < -0.3 is 9.12 Å². The van der Waals surface area contributed by atoms with Gasteiger partial charge in [0.05, 0.1) is 22.8 Å². The number of halogens is 6. The molecule has 1 unspecified atom stereocenters. The highest BCUT2D eigenvalue weighted by Crippen LogP contribution is 2.35. The topological polar surface area (TPSA) is 66.7 Å². The Kier molecular flexibility index (Phi) is 5.04. The lowest BCUT2D eigenvalue weighted by Crippen LogP contribution is -2.13. The number of pyridine rings is 2. The summed E-state index contributed by atoms with van der Waals surface area (Å²) < 4.78 is 91.2. The van der Waals surface area contributed by atoms with Gasteiger partial charge in [-0.05, 0) is 24.2 Å². The largest absolute Gasteiger partial charge is 0.611 e. The molecule has 0 aliphatic rings. The third-order valence-corrected chi connectivity index (χ3v) is 5.28. The first-order valence-electron chi connectivity index (χ1n) is 7.79. The Labute approximate surface area is 157 Å². The highest BCUT2D eigenvalue weighted by molar-refractivity contribution is 7.91. The van der Waals surface area contributed by atoms with E-state index in [1.54, 1.807) is 0 Å². The first kappa shape index (κ1) is 20.4. The Balaban J connectivity index is 2.22. The minimum atomic E-state index is -4.68. The van der Waals surface area contributed by atoms with Crippen LogP contribution >= 0.6 is 0 Å². The molecule has 28 heavy (non-hydrogen) atoms. The van der Waals surface area contributed by atoms with E-state index in [2.05, 4.69) is 15.0 Å². The molecule has 5 nitrogen and oxygen atoms in total. The summed E-state index contributed by atoms with van der Waals surface area (Å²) in [6, 6.07) is 1.46. The molecule has 0 aliphatic heterocycles. The van der Waals surface area contributed by atoms with E-state index < -0.39 is 34.8 Å². The van der Waals surface area contributed by atoms with Crippen molar-refractivity contribution >= 4 is 22.2 Å². The summed E-state index contributed by atoms with van der Waals surface area (Å²) in [7, 11) is 1.46. The van der Waals surface area contributed by atoms with Gasteiger partial charge in [0.25, 0.3) is 0 Å². The van der Waals surface area contributed by atoms with Gasteiger partial charge in [-0.2, -0.15) is 26.3 Å². The number of alkyl halides is 6. The number of fused-ring (bicyclic) bond motifs is 1. The maximum absolute atomic E-state index is 13.0. The standard InChI is InChI=1S/C16H12F6N4OS/c1-3-28(27)11-4-8(15(17,18)19)6-24-13(11)14-25-9-5-12(16(20,21)22)23-7-10(9)26(14)2/h4-7H,3H2,1-2H3. The summed E-state index contributed by atoms with van der Waals surface area (Å²) in [5.41, 5.74) is -2.16. The van der Waals surface area contributed by atoms with Crippen molar-refractivity contribution in [1.29, 1.82) is 0 Å². The summed E-state index contributed by atoms with van der Waals surface area (Å²) in [5, 5.41) is 0. The first-order chi connectivity index (χ1) is 12.9. The first-order valence-corrected chi connectivity index (χ1v) is 9.11. The van der Waals surface area contributed by atoms with Gasteiger partial charge >= 0.3 is 12.4 Å². The Morgan fingerprint density at radius 2 is 1.71 bits per heavy atom. The van der Waals surface area contributed by atoms with E-state index in [4.69, 9.17) is 0 Å². The number of nitrogens with zero attached hydrogens (tertiary/aromatic N) is 4. The van der Waals surface area contributed by atoms with Crippen LogP contribution in [0, 0.1) is 0 Å². The molecule has 1 atom stereocenters. The van der Waals surface area contributed by atoms with Crippen molar-refractivity contribution in [3.63, 3.8) is 0 Å². The van der Waals surface area contributed by atoms with Crippen LogP contribution < -0.4 is 0 Å². The minimum Gasteiger partial charge on any atom is -0.611 e. The lowest BCUT2D eigenvalue weighted by atomic mass is 10.2. The monoisotopic (exact) mass is 422 g/mol. The van der Waals surface area contributed by atoms with E-state index in [1.807, 2.05) is 0 Å². The van der Waals surface area contributed by atoms with Crippen LogP contribution in [0.5, 0.6) is 0 Å². The van der Waals surface area contributed by atoms with Gasteiger partial charge in [0, 0.05) is 19.3 Å². The number of imidazole rings is 1.